The van der Waals surface area contributed by atoms with E-state index >= 15 is 0 Å². The minimum atomic E-state index is 0.0864. The fraction of sp³-hybridized carbons (Fsp3) is 0.316. The maximum Gasteiger partial charge on any atom is 0.230 e. The Kier molecular flexibility index (Phi) is 6.53. The van der Waals surface area contributed by atoms with Crippen LogP contribution in [0.3, 0.4) is 0 Å². The quantitative estimate of drug-likeness (QED) is 0.752. The summed E-state index contributed by atoms with van der Waals surface area (Å²) in [6.07, 6.45) is 0.950. The minimum absolute atomic E-state index is 0.0864. The third-order valence-corrected chi connectivity index (χ3v) is 4.37. The highest BCUT2D eigenvalue weighted by Gasteiger charge is 2.16. The van der Waals surface area contributed by atoms with Gasteiger partial charge in [-0.15, -0.1) is 11.8 Å². The Bertz CT molecular complexity index is 569. The SMILES string of the molecule is CC(C)C[C@H](NC(=O)CSc1ccccc1)c1ccccc1. The topological polar surface area (TPSA) is 29.1 Å². The Balaban J connectivity index is 1.93. The highest BCUT2D eigenvalue weighted by molar-refractivity contribution is 8.00. The van der Waals surface area contributed by atoms with Crippen molar-refractivity contribution in [2.75, 3.05) is 5.75 Å². The molecule has 1 atom stereocenters. The summed E-state index contributed by atoms with van der Waals surface area (Å²) < 4.78 is 0. The number of rotatable bonds is 7. The largest absolute Gasteiger partial charge is 0.349 e. The molecule has 0 bridgehead atoms. The summed E-state index contributed by atoms with van der Waals surface area (Å²) in [6.45, 7) is 4.36. The van der Waals surface area contributed by atoms with E-state index in [9.17, 15) is 4.79 Å². The zero-order chi connectivity index (χ0) is 15.8. The van der Waals surface area contributed by atoms with Crippen molar-refractivity contribution in [2.24, 2.45) is 5.92 Å². The molecule has 0 spiro atoms. The zero-order valence-electron chi connectivity index (χ0n) is 13.2. The van der Waals surface area contributed by atoms with Gasteiger partial charge in [0.25, 0.3) is 0 Å². The molecule has 3 heteroatoms. The highest BCUT2D eigenvalue weighted by Crippen LogP contribution is 2.22. The molecule has 2 aromatic carbocycles. The number of amides is 1. The first-order valence-corrected chi connectivity index (χ1v) is 8.66. The molecule has 22 heavy (non-hydrogen) atoms. The van der Waals surface area contributed by atoms with Gasteiger partial charge in [-0.3, -0.25) is 4.79 Å². The molecule has 0 saturated carbocycles. The van der Waals surface area contributed by atoms with Crippen molar-refractivity contribution in [3.8, 4) is 0 Å². The Hall–Kier alpha value is -1.74. The molecule has 2 aromatic rings. The van der Waals surface area contributed by atoms with Crippen LogP contribution in [0.1, 0.15) is 31.9 Å². The van der Waals surface area contributed by atoms with Crippen LogP contribution in [0.4, 0.5) is 0 Å². The average Bonchev–Trinajstić information content (AvgIpc) is 2.54. The monoisotopic (exact) mass is 313 g/mol. The molecule has 2 nitrogen and oxygen atoms in total. The van der Waals surface area contributed by atoms with E-state index in [0.29, 0.717) is 11.7 Å². The van der Waals surface area contributed by atoms with Gasteiger partial charge < -0.3 is 5.32 Å². The van der Waals surface area contributed by atoms with Gasteiger partial charge in [-0.05, 0) is 30.0 Å². The van der Waals surface area contributed by atoms with Crippen LogP contribution in [0.5, 0.6) is 0 Å². The summed E-state index contributed by atoms with van der Waals surface area (Å²) in [5.74, 6) is 1.07. The van der Waals surface area contributed by atoms with Gasteiger partial charge in [0.1, 0.15) is 0 Å². The lowest BCUT2D eigenvalue weighted by Gasteiger charge is -2.21. The van der Waals surface area contributed by atoms with Crippen LogP contribution in [-0.4, -0.2) is 11.7 Å². The third kappa shape index (κ3) is 5.57. The van der Waals surface area contributed by atoms with Gasteiger partial charge in [0.05, 0.1) is 11.8 Å². The lowest BCUT2D eigenvalue weighted by atomic mass is 9.97. The molecule has 0 aliphatic carbocycles. The number of benzene rings is 2. The van der Waals surface area contributed by atoms with Crippen LogP contribution in [0.15, 0.2) is 65.6 Å². The van der Waals surface area contributed by atoms with Crippen molar-refractivity contribution >= 4 is 17.7 Å². The highest BCUT2D eigenvalue weighted by atomic mass is 32.2. The second-order valence-corrected chi connectivity index (χ2v) is 6.81. The van der Waals surface area contributed by atoms with Crippen molar-refractivity contribution in [3.63, 3.8) is 0 Å². The van der Waals surface area contributed by atoms with Crippen LogP contribution >= 0.6 is 11.8 Å². The van der Waals surface area contributed by atoms with Gasteiger partial charge in [0.15, 0.2) is 0 Å². The number of thioether (sulfide) groups is 1. The van der Waals surface area contributed by atoms with Crippen molar-refractivity contribution < 1.29 is 4.79 Å². The van der Waals surface area contributed by atoms with Crippen molar-refractivity contribution in [1.29, 1.82) is 0 Å². The summed E-state index contributed by atoms with van der Waals surface area (Å²) in [5, 5.41) is 3.18. The molecule has 0 unspecified atom stereocenters. The Morgan fingerprint density at radius 3 is 2.18 bits per heavy atom. The number of hydrogen-bond donors (Lipinski definition) is 1. The molecule has 0 saturated heterocycles. The molecule has 0 fully saturated rings. The van der Waals surface area contributed by atoms with E-state index < -0.39 is 0 Å². The first-order valence-electron chi connectivity index (χ1n) is 7.67. The lowest BCUT2D eigenvalue weighted by molar-refractivity contribution is -0.119. The van der Waals surface area contributed by atoms with E-state index in [-0.39, 0.29) is 11.9 Å². The van der Waals surface area contributed by atoms with Crippen molar-refractivity contribution in [2.45, 2.75) is 31.2 Å². The van der Waals surface area contributed by atoms with Crippen LogP contribution in [0, 0.1) is 5.92 Å². The molecule has 0 radical (unpaired) electrons. The van der Waals surface area contributed by atoms with E-state index in [4.69, 9.17) is 0 Å². The molecular formula is C19H23NOS. The van der Waals surface area contributed by atoms with E-state index in [2.05, 4.69) is 31.3 Å². The van der Waals surface area contributed by atoms with E-state index in [0.717, 1.165) is 11.3 Å². The van der Waals surface area contributed by atoms with E-state index in [1.54, 1.807) is 11.8 Å². The summed E-state index contributed by atoms with van der Waals surface area (Å²) in [7, 11) is 0. The number of nitrogens with one attached hydrogen (secondary N) is 1. The standard InChI is InChI=1S/C19H23NOS/c1-15(2)13-18(16-9-5-3-6-10-16)20-19(21)14-22-17-11-7-4-8-12-17/h3-12,15,18H,13-14H2,1-2H3,(H,20,21)/t18-/m0/s1. The number of hydrogen-bond acceptors (Lipinski definition) is 2. The summed E-state index contributed by atoms with van der Waals surface area (Å²) in [5.41, 5.74) is 1.18. The van der Waals surface area contributed by atoms with Gasteiger partial charge in [-0.1, -0.05) is 62.4 Å². The molecular weight excluding hydrogens is 290 g/mol. The Morgan fingerprint density at radius 1 is 1.00 bits per heavy atom. The molecule has 0 aliphatic heterocycles. The average molecular weight is 313 g/mol. The molecule has 1 N–H and O–H groups in total. The molecule has 116 valence electrons. The summed E-state index contributed by atoms with van der Waals surface area (Å²) >= 11 is 1.57. The van der Waals surface area contributed by atoms with Crippen LogP contribution in [0.2, 0.25) is 0 Å². The Morgan fingerprint density at radius 2 is 1.59 bits per heavy atom. The maximum absolute atomic E-state index is 12.2. The van der Waals surface area contributed by atoms with Gasteiger partial charge in [0, 0.05) is 4.90 Å². The smallest absolute Gasteiger partial charge is 0.230 e. The third-order valence-electron chi connectivity index (χ3n) is 3.36. The molecule has 2 rings (SSSR count). The van der Waals surface area contributed by atoms with Crippen LogP contribution < -0.4 is 5.32 Å². The van der Waals surface area contributed by atoms with Crippen molar-refractivity contribution in [1.82, 2.24) is 5.32 Å². The second kappa shape index (κ2) is 8.64. The molecule has 1 amide bonds. The van der Waals surface area contributed by atoms with E-state index in [1.165, 1.54) is 5.56 Å². The normalized spacial score (nSPS) is 12.1. The fourth-order valence-electron chi connectivity index (χ4n) is 2.34. The minimum Gasteiger partial charge on any atom is -0.349 e. The van der Waals surface area contributed by atoms with Crippen LogP contribution in [-0.2, 0) is 4.79 Å². The predicted octanol–water partition coefficient (Wildman–Crippen LogP) is 4.68. The first kappa shape index (κ1) is 16.6. The zero-order valence-corrected chi connectivity index (χ0v) is 14.0. The van der Waals surface area contributed by atoms with Crippen LogP contribution in [0.25, 0.3) is 0 Å². The van der Waals surface area contributed by atoms with Gasteiger partial charge in [-0.25, -0.2) is 0 Å². The van der Waals surface area contributed by atoms with E-state index in [1.807, 2.05) is 48.5 Å². The first-order chi connectivity index (χ1) is 10.6. The summed E-state index contributed by atoms with van der Waals surface area (Å²) in [4.78, 5) is 13.4. The molecule has 0 aliphatic rings. The van der Waals surface area contributed by atoms with Crippen molar-refractivity contribution in [3.05, 3.63) is 66.2 Å². The number of carbonyl (C=O) groups excluding carboxylic acids is 1. The second-order valence-electron chi connectivity index (χ2n) is 5.76. The molecule has 0 heterocycles. The van der Waals surface area contributed by atoms with Gasteiger partial charge in [0.2, 0.25) is 5.91 Å². The summed E-state index contributed by atoms with van der Waals surface area (Å²) in [6, 6.07) is 20.3. The predicted molar refractivity (Wildman–Crippen MR) is 93.9 cm³/mol. The number of carbonyl (C=O) groups is 1. The molecule has 0 aromatic heterocycles. The Labute approximate surface area is 137 Å². The van der Waals surface area contributed by atoms with Gasteiger partial charge in [-0.2, -0.15) is 0 Å². The fourth-order valence-corrected chi connectivity index (χ4v) is 3.07. The maximum atomic E-state index is 12.2. The van der Waals surface area contributed by atoms with Gasteiger partial charge >= 0.3 is 0 Å². The lowest BCUT2D eigenvalue weighted by Crippen LogP contribution is -2.30.